The highest BCUT2D eigenvalue weighted by Crippen LogP contribution is 2.32. The van der Waals surface area contributed by atoms with Crippen molar-refractivity contribution in [3.05, 3.63) is 28.2 Å². The Labute approximate surface area is 111 Å². The summed E-state index contributed by atoms with van der Waals surface area (Å²) >= 11 is 0. The number of rotatable bonds is 5. The van der Waals surface area contributed by atoms with E-state index in [2.05, 4.69) is 5.10 Å². The van der Waals surface area contributed by atoms with Crippen molar-refractivity contribution < 1.29 is 9.90 Å². The number of carbonyl (C=O) groups excluding carboxylic acids is 1. The smallest absolute Gasteiger partial charge is 0.274 e. The molecule has 0 bridgehead atoms. The van der Waals surface area contributed by atoms with E-state index in [1.165, 1.54) is 21.7 Å². The zero-order chi connectivity index (χ0) is 14.0. The minimum Gasteiger partial charge on any atom is -0.391 e. The Morgan fingerprint density at radius 3 is 2.84 bits per heavy atom. The summed E-state index contributed by atoms with van der Waals surface area (Å²) in [6, 6.07) is 2.77. The number of likely N-dealkylation sites (N-methyl/N-ethyl adjacent to an activating group) is 1. The molecule has 1 fully saturated rings. The summed E-state index contributed by atoms with van der Waals surface area (Å²) in [5, 5.41) is 13.8. The number of aromatic nitrogens is 2. The van der Waals surface area contributed by atoms with E-state index in [-0.39, 0.29) is 17.2 Å². The van der Waals surface area contributed by atoms with Gasteiger partial charge in [-0.2, -0.15) is 5.10 Å². The van der Waals surface area contributed by atoms with Gasteiger partial charge in [-0.25, -0.2) is 4.68 Å². The van der Waals surface area contributed by atoms with Crippen LogP contribution in [0, 0.1) is 5.92 Å². The summed E-state index contributed by atoms with van der Waals surface area (Å²) in [5.74, 6) is 0.0507. The van der Waals surface area contributed by atoms with Crippen molar-refractivity contribution in [3.8, 4) is 0 Å². The predicted molar refractivity (Wildman–Crippen MR) is 69.9 cm³/mol. The Balaban J connectivity index is 2.07. The second-order valence-electron chi connectivity index (χ2n) is 4.96. The largest absolute Gasteiger partial charge is 0.391 e. The van der Waals surface area contributed by atoms with Crippen LogP contribution >= 0.6 is 0 Å². The Hall–Kier alpha value is -1.69. The van der Waals surface area contributed by atoms with Crippen LogP contribution in [0.4, 0.5) is 0 Å². The van der Waals surface area contributed by atoms with Gasteiger partial charge in [0.25, 0.3) is 11.5 Å². The molecule has 1 aromatic rings. The molecule has 0 spiro atoms. The van der Waals surface area contributed by atoms with Crippen molar-refractivity contribution in [1.29, 1.82) is 0 Å². The van der Waals surface area contributed by atoms with E-state index >= 15 is 0 Å². The van der Waals surface area contributed by atoms with Gasteiger partial charge < -0.3 is 10.0 Å². The standard InChI is InChI=1S/C13H19N3O3/c1-3-16-12(18)7-6-10(14-16)13(19)15(2)8-11(17)9-4-5-9/h6-7,9,11,17H,3-5,8H2,1-2H3. The van der Waals surface area contributed by atoms with E-state index < -0.39 is 6.10 Å². The van der Waals surface area contributed by atoms with Crippen LogP contribution in [0.5, 0.6) is 0 Å². The maximum absolute atomic E-state index is 12.1. The highest BCUT2D eigenvalue weighted by atomic mass is 16.3. The van der Waals surface area contributed by atoms with Crippen LogP contribution in [-0.4, -0.2) is 45.4 Å². The quantitative estimate of drug-likeness (QED) is 0.819. The van der Waals surface area contributed by atoms with Gasteiger partial charge in [-0.05, 0) is 31.7 Å². The van der Waals surface area contributed by atoms with Crippen molar-refractivity contribution in [1.82, 2.24) is 14.7 Å². The van der Waals surface area contributed by atoms with Gasteiger partial charge in [-0.3, -0.25) is 9.59 Å². The lowest BCUT2D eigenvalue weighted by atomic mass is 10.2. The molecule has 0 saturated heterocycles. The first kappa shape index (κ1) is 13.7. The Kier molecular flexibility index (Phi) is 3.99. The fourth-order valence-corrected chi connectivity index (χ4v) is 1.98. The Bertz CT molecular complexity index is 522. The number of hydrogen-bond acceptors (Lipinski definition) is 4. The molecule has 1 saturated carbocycles. The zero-order valence-electron chi connectivity index (χ0n) is 11.2. The van der Waals surface area contributed by atoms with Crippen LogP contribution in [0.1, 0.15) is 30.3 Å². The van der Waals surface area contributed by atoms with Crippen LogP contribution in [0.15, 0.2) is 16.9 Å². The van der Waals surface area contributed by atoms with Crippen LogP contribution in [0.2, 0.25) is 0 Å². The van der Waals surface area contributed by atoms with Gasteiger partial charge in [0.15, 0.2) is 0 Å². The third-order valence-electron chi connectivity index (χ3n) is 3.36. The molecule has 1 N–H and O–H groups in total. The lowest BCUT2D eigenvalue weighted by Gasteiger charge is -2.20. The monoisotopic (exact) mass is 265 g/mol. The molecule has 1 heterocycles. The van der Waals surface area contributed by atoms with Crippen molar-refractivity contribution in [2.75, 3.05) is 13.6 Å². The van der Waals surface area contributed by atoms with E-state index in [9.17, 15) is 14.7 Å². The first-order chi connectivity index (χ1) is 9.02. The molecule has 1 atom stereocenters. The molecular formula is C13H19N3O3. The molecule has 0 aliphatic heterocycles. The molecule has 0 radical (unpaired) electrons. The maximum Gasteiger partial charge on any atom is 0.274 e. The van der Waals surface area contributed by atoms with Crippen LogP contribution in [-0.2, 0) is 6.54 Å². The van der Waals surface area contributed by atoms with E-state index in [1.807, 2.05) is 0 Å². The molecule has 1 unspecified atom stereocenters. The third kappa shape index (κ3) is 3.20. The van der Waals surface area contributed by atoms with Gasteiger partial charge in [0.1, 0.15) is 5.69 Å². The van der Waals surface area contributed by atoms with Gasteiger partial charge in [0.05, 0.1) is 6.10 Å². The van der Waals surface area contributed by atoms with Crippen LogP contribution in [0.25, 0.3) is 0 Å². The van der Waals surface area contributed by atoms with Gasteiger partial charge >= 0.3 is 0 Å². The molecule has 0 aromatic carbocycles. The number of hydrogen-bond donors (Lipinski definition) is 1. The molecule has 1 aliphatic carbocycles. The van der Waals surface area contributed by atoms with Crippen molar-refractivity contribution in [2.45, 2.75) is 32.4 Å². The third-order valence-corrected chi connectivity index (χ3v) is 3.36. The number of carbonyl (C=O) groups is 1. The topological polar surface area (TPSA) is 75.4 Å². The van der Waals surface area contributed by atoms with E-state index in [0.717, 1.165) is 12.8 Å². The molecule has 1 aromatic heterocycles. The van der Waals surface area contributed by atoms with Gasteiger partial charge in [-0.1, -0.05) is 0 Å². The van der Waals surface area contributed by atoms with Crippen molar-refractivity contribution in [2.24, 2.45) is 5.92 Å². The molecule has 1 amide bonds. The number of nitrogens with zero attached hydrogens (tertiary/aromatic N) is 3. The summed E-state index contributed by atoms with van der Waals surface area (Å²) < 4.78 is 1.25. The second kappa shape index (κ2) is 5.52. The minimum absolute atomic E-state index is 0.222. The molecule has 6 nitrogen and oxygen atoms in total. The normalized spacial score (nSPS) is 16.2. The summed E-state index contributed by atoms with van der Waals surface area (Å²) in [5.41, 5.74) is 0.00617. The van der Waals surface area contributed by atoms with E-state index in [4.69, 9.17) is 0 Å². The molecule has 6 heteroatoms. The minimum atomic E-state index is -0.467. The lowest BCUT2D eigenvalue weighted by molar-refractivity contribution is 0.0637. The average molecular weight is 265 g/mol. The first-order valence-corrected chi connectivity index (χ1v) is 6.54. The fraction of sp³-hybridized carbons (Fsp3) is 0.615. The van der Waals surface area contributed by atoms with Gasteiger partial charge in [0, 0.05) is 26.2 Å². The van der Waals surface area contributed by atoms with Gasteiger partial charge in [0.2, 0.25) is 0 Å². The summed E-state index contributed by atoms with van der Waals surface area (Å²) in [4.78, 5) is 25.0. The van der Waals surface area contributed by atoms with Crippen molar-refractivity contribution >= 4 is 5.91 Å². The Morgan fingerprint density at radius 1 is 1.58 bits per heavy atom. The molecule has 19 heavy (non-hydrogen) atoms. The van der Waals surface area contributed by atoms with Crippen LogP contribution in [0.3, 0.4) is 0 Å². The molecule has 104 valence electrons. The maximum atomic E-state index is 12.1. The fourth-order valence-electron chi connectivity index (χ4n) is 1.98. The van der Waals surface area contributed by atoms with E-state index in [1.54, 1.807) is 14.0 Å². The lowest BCUT2D eigenvalue weighted by Crippen LogP contribution is -2.36. The molecule has 1 aliphatic rings. The summed E-state index contributed by atoms with van der Waals surface area (Å²) in [7, 11) is 1.64. The Morgan fingerprint density at radius 2 is 2.26 bits per heavy atom. The number of aliphatic hydroxyl groups excluding tert-OH is 1. The number of aliphatic hydroxyl groups is 1. The SMILES string of the molecule is CCn1nc(C(=O)N(C)CC(O)C2CC2)ccc1=O. The van der Waals surface area contributed by atoms with E-state index in [0.29, 0.717) is 19.0 Å². The highest BCUT2D eigenvalue weighted by Gasteiger charge is 2.31. The van der Waals surface area contributed by atoms with Crippen molar-refractivity contribution in [3.63, 3.8) is 0 Å². The number of aryl methyl sites for hydroxylation is 1. The second-order valence-corrected chi connectivity index (χ2v) is 4.96. The van der Waals surface area contributed by atoms with Crippen LogP contribution < -0.4 is 5.56 Å². The summed E-state index contributed by atoms with van der Waals surface area (Å²) in [6.45, 7) is 2.52. The average Bonchev–Trinajstić information content (AvgIpc) is 3.22. The van der Waals surface area contributed by atoms with Gasteiger partial charge in [-0.15, -0.1) is 0 Å². The first-order valence-electron chi connectivity index (χ1n) is 6.54. The molecule has 2 rings (SSSR count). The number of amides is 1. The predicted octanol–water partition coefficient (Wildman–Crippen LogP) is 0.106. The molecular weight excluding hydrogens is 246 g/mol. The summed E-state index contributed by atoms with van der Waals surface area (Å²) in [6.07, 6.45) is 1.59. The highest BCUT2D eigenvalue weighted by molar-refractivity contribution is 5.91. The zero-order valence-corrected chi connectivity index (χ0v) is 11.2.